The van der Waals surface area contributed by atoms with Gasteiger partial charge in [-0.25, -0.2) is 4.98 Å². The summed E-state index contributed by atoms with van der Waals surface area (Å²) in [6.07, 6.45) is 5.81. The van der Waals surface area contributed by atoms with Gasteiger partial charge in [0.15, 0.2) is 5.13 Å². The zero-order valence-corrected chi connectivity index (χ0v) is 16.1. The smallest absolute Gasteiger partial charge is 0.259 e. The number of fused-ring (bicyclic) bond motifs is 1. The van der Waals surface area contributed by atoms with Gasteiger partial charge in [0.05, 0.1) is 11.1 Å². The van der Waals surface area contributed by atoms with Gasteiger partial charge in [0, 0.05) is 22.7 Å². The lowest BCUT2D eigenvalue weighted by molar-refractivity contribution is 0.102. The van der Waals surface area contributed by atoms with Crippen LogP contribution in [0.25, 0.3) is 10.9 Å². The maximum absolute atomic E-state index is 12.7. The maximum atomic E-state index is 12.7. The standard InChI is InChI=1S/C19H20N4OS.ClH/c1-12-14-4-2-3-5-16(14)21-10-15(12)18(24)23-19-22-11-17(25-19)13-6-8-20-9-7-13;/h2-5,10-11,13,20H,6-9H2,1H3,(H,22,23,24);1H. The Labute approximate surface area is 162 Å². The largest absolute Gasteiger partial charge is 0.317 e. The van der Waals surface area contributed by atoms with Gasteiger partial charge in [-0.2, -0.15) is 0 Å². The summed E-state index contributed by atoms with van der Waals surface area (Å²) in [7, 11) is 0. The zero-order valence-electron chi connectivity index (χ0n) is 14.5. The van der Waals surface area contributed by atoms with Crippen molar-refractivity contribution in [3.05, 3.63) is 52.7 Å². The number of piperidine rings is 1. The highest BCUT2D eigenvalue weighted by Gasteiger charge is 2.19. The van der Waals surface area contributed by atoms with Gasteiger partial charge in [-0.05, 0) is 50.4 Å². The summed E-state index contributed by atoms with van der Waals surface area (Å²) < 4.78 is 0. The van der Waals surface area contributed by atoms with Crippen LogP contribution in [0.1, 0.15) is 39.6 Å². The first-order chi connectivity index (χ1) is 12.2. The number of amides is 1. The zero-order chi connectivity index (χ0) is 17.2. The minimum Gasteiger partial charge on any atom is -0.317 e. The summed E-state index contributed by atoms with van der Waals surface area (Å²) in [6, 6.07) is 7.86. The molecule has 1 aliphatic heterocycles. The third-order valence-electron chi connectivity index (χ3n) is 4.77. The van der Waals surface area contributed by atoms with Gasteiger partial charge in [0.2, 0.25) is 0 Å². The van der Waals surface area contributed by atoms with E-state index in [0.29, 0.717) is 16.6 Å². The van der Waals surface area contributed by atoms with Gasteiger partial charge in [0.25, 0.3) is 5.91 Å². The minimum absolute atomic E-state index is 0. The maximum Gasteiger partial charge on any atom is 0.259 e. The Morgan fingerprint density at radius 3 is 2.77 bits per heavy atom. The van der Waals surface area contributed by atoms with Crippen molar-refractivity contribution in [3.8, 4) is 0 Å². The number of carbonyl (C=O) groups is 1. The minimum atomic E-state index is -0.151. The Balaban J connectivity index is 0.00000196. The molecule has 1 amide bonds. The van der Waals surface area contributed by atoms with E-state index >= 15 is 0 Å². The van der Waals surface area contributed by atoms with E-state index in [0.717, 1.165) is 42.4 Å². The predicted molar refractivity (Wildman–Crippen MR) is 109 cm³/mol. The molecule has 3 aromatic rings. The molecule has 0 unspecified atom stereocenters. The van der Waals surface area contributed by atoms with E-state index in [4.69, 9.17) is 0 Å². The summed E-state index contributed by atoms with van der Waals surface area (Å²) in [5.41, 5.74) is 2.44. The summed E-state index contributed by atoms with van der Waals surface area (Å²) in [5.74, 6) is 0.399. The Morgan fingerprint density at radius 2 is 1.96 bits per heavy atom. The van der Waals surface area contributed by atoms with Gasteiger partial charge < -0.3 is 5.32 Å². The molecule has 2 N–H and O–H groups in total. The number of hydrogen-bond acceptors (Lipinski definition) is 5. The predicted octanol–water partition coefficient (Wildman–Crippen LogP) is 4.14. The number of pyridine rings is 1. The number of aromatic nitrogens is 2. The first-order valence-corrected chi connectivity index (χ1v) is 9.36. The van der Waals surface area contributed by atoms with E-state index in [9.17, 15) is 4.79 Å². The Hall–Kier alpha value is -2.02. The van der Waals surface area contributed by atoms with Crippen LogP contribution >= 0.6 is 23.7 Å². The number of halogens is 1. The number of hydrogen-bond donors (Lipinski definition) is 2. The normalized spacial score (nSPS) is 14.8. The first kappa shape index (κ1) is 18.8. The van der Waals surface area contributed by atoms with Crippen LogP contribution in [0.3, 0.4) is 0 Å². The molecule has 0 atom stereocenters. The highest BCUT2D eigenvalue weighted by Crippen LogP contribution is 2.32. The molecule has 0 aliphatic carbocycles. The molecule has 5 nitrogen and oxygen atoms in total. The summed E-state index contributed by atoms with van der Waals surface area (Å²) >= 11 is 1.58. The second kappa shape index (κ2) is 8.12. The molecule has 0 saturated carbocycles. The topological polar surface area (TPSA) is 66.9 Å². The van der Waals surface area contributed by atoms with Crippen molar-refractivity contribution in [3.63, 3.8) is 0 Å². The van der Waals surface area contributed by atoms with Crippen LogP contribution in [0.4, 0.5) is 5.13 Å². The van der Waals surface area contributed by atoms with Gasteiger partial charge in [-0.15, -0.1) is 23.7 Å². The van der Waals surface area contributed by atoms with Crippen molar-refractivity contribution < 1.29 is 4.79 Å². The number of anilines is 1. The van der Waals surface area contributed by atoms with Crippen molar-refractivity contribution in [2.45, 2.75) is 25.7 Å². The third-order valence-corrected chi connectivity index (χ3v) is 5.85. The molecule has 26 heavy (non-hydrogen) atoms. The molecule has 2 aromatic heterocycles. The second-order valence-electron chi connectivity index (χ2n) is 6.36. The Kier molecular flexibility index (Phi) is 5.86. The molecule has 0 radical (unpaired) electrons. The number of thiazole rings is 1. The van der Waals surface area contributed by atoms with Gasteiger partial charge in [-0.3, -0.25) is 15.1 Å². The van der Waals surface area contributed by atoms with E-state index in [2.05, 4.69) is 20.6 Å². The van der Waals surface area contributed by atoms with Crippen LogP contribution in [0.2, 0.25) is 0 Å². The molecule has 0 spiro atoms. The number of aryl methyl sites for hydroxylation is 1. The quantitative estimate of drug-likeness (QED) is 0.707. The number of carbonyl (C=O) groups excluding carboxylic acids is 1. The Morgan fingerprint density at radius 1 is 1.19 bits per heavy atom. The molecule has 7 heteroatoms. The van der Waals surface area contributed by atoms with Gasteiger partial charge >= 0.3 is 0 Å². The lowest BCUT2D eigenvalue weighted by atomic mass is 9.97. The van der Waals surface area contributed by atoms with Crippen molar-refractivity contribution in [2.24, 2.45) is 0 Å². The molecule has 3 heterocycles. The molecule has 1 aromatic carbocycles. The molecular weight excluding hydrogens is 368 g/mol. The van der Waals surface area contributed by atoms with Crippen molar-refractivity contribution in [1.29, 1.82) is 0 Å². The van der Waals surface area contributed by atoms with Crippen LogP contribution < -0.4 is 10.6 Å². The number of benzene rings is 1. The average Bonchev–Trinajstić information content (AvgIpc) is 3.11. The molecule has 0 bridgehead atoms. The second-order valence-corrected chi connectivity index (χ2v) is 7.42. The van der Waals surface area contributed by atoms with Crippen molar-refractivity contribution in [2.75, 3.05) is 18.4 Å². The molecule has 1 saturated heterocycles. The SMILES string of the molecule is Cc1c(C(=O)Nc2ncc(C3CCNCC3)s2)cnc2ccccc12.Cl. The number of nitrogens with one attached hydrogen (secondary N) is 2. The first-order valence-electron chi connectivity index (χ1n) is 8.54. The summed E-state index contributed by atoms with van der Waals surface area (Å²) in [5, 5.41) is 7.97. The number of para-hydroxylation sites is 1. The molecule has 4 rings (SSSR count). The van der Waals surface area contributed by atoms with E-state index < -0.39 is 0 Å². The molecule has 136 valence electrons. The van der Waals surface area contributed by atoms with Crippen LogP contribution in [-0.4, -0.2) is 29.0 Å². The van der Waals surface area contributed by atoms with E-state index in [1.807, 2.05) is 37.4 Å². The fourth-order valence-corrected chi connectivity index (χ4v) is 4.29. The van der Waals surface area contributed by atoms with Crippen LogP contribution in [0, 0.1) is 6.92 Å². The van der Waals surface area contributed by atoms with E-state index in [1.54, 1.807) is 17.5 Å². The summed E-state index contributed by atoms with van der Waals surface area (Å²) in [6.45, 7) is 4.06. The number of rotatable bonds is 3. The van der Waals surface area contributed by atoms with Crippen LogP contribution in [0.15, 0.2) is 36.7 Å². The van der Waals surface area contributed by atoms with E-state index in [1.165, 1.54) is 4.88 Å². The van der Waals surface area contributed by atoms with Crippen molar-refractivity contribution in [1.82, 2.24) is 15.3 Å². The molecule has 1 aliphatic rings. The van der Waals surface area contributed by atoms with Crippen molar-refractivity contribution >= 4 is 45.7 Å². The van der Waals surface area contributed by atoms with Gasteiger partial charge in [0.1, 0.15) is 0 Å². The fraction of sp³-hybridized carbons (Fsp3) is 0.316. The van der Waals surface area contributed by atoms with Gasteiger partial charge in [-0.1, -0.05) is 18.2 Å². The molecule has 1 fully saturated rings. The lowest BCUT2D eigenvalue weighted by Gasteiger charge is -2.20. The highest BCUT2D eigenvalue weighted by molar-refractivity contribution is 7.15. The fourth-order valence-electron chi connectivity index (χ4n) is 3.31. The van der Waals surface area contributed by atoms with Crippen LogP contribution in [-0.2, 0) is 0 Å². The number of nitrogens with zero attached hydrogens (tertiary/aromatic N) is 2. The summed E-state index contributed by atoms with van der Waals surface area (Å²) in [4.78, 5) is 22.7. The highest BCUT2D eigenvalue weighted by atomic mass is 35.5. The monoisotopic (exact) mass is 388 g/mol. The third kappa shape index (κ3) is 3.72. The van der Waals surface area contributed by atoms with E-state index in [-0.39, 0.29) is 18.3 Å². The average molecular weight is 389 g/mol. The molecular formula is C19H21ClN4OS. The lowest BCUT2D eigenvalue weighted by Crippen LogP contribution is -2.26. The van der Waals surface area contributed by atoms with Crippen LogP contribution in [0.5, 0.6) is 0 Å². The Bertz CT molecular complexity index is 921.